The van der Waals surface area contributed by atoms with Gasteiger partial charge < -0.3 is 19.2 Å². The molecule has 0 saturated heterocycles. The molecule has 25 heavy (non-hydrogen) atoms. The van der Waals surface area contributed by atoms with Gasteiger partial charge in [-0.2, -0.15) is 0 Å². The summed E-state index contributed by atoms with van der Waals surface area (Å²) in [4.78, 5) is 14.4. The van der Waals surface area contributed by atoms with Gasteiger partial charge in [0, 0.05) is 44.5 Å². The van der Waals surface area contributed by atoms with E-state index in [4.69, 9.17) is 4.42 Å². The van der Waals surface area contributed by atoms with Gasteiger partial charge in [-0.15, -0.1) is 10.2 Å². The number of urea groups is 1. The van der Waals surface area contributed by atoms with Crippen molar-refractivity contribution in [2.24, 2.45) is 0 Å². The Morgan fingerprint density at radius 3 is 3.08 bits per heavy atom. The van der Waals surface area contributed by atoms with E-state index in [-0.39, 0.29) is 6.03 Å². The van der Waals surface area contributed by atoms with Crippen molar-refractivity contribution in [3.63, 3.8) is 0 Å². The maximum absolute atomic E-state index is 12.5. The Balaban J connectivity index is 1.31. The molecular formula is C18H25N5O2. The number of carbonyl (C=O) groups excluding carboxylic acids is 1. The second-order valence-electron chi connectivity index (χ2n) is 6.87. The number of rotatable bonds is 3. The number of nitrogens with zero attached hydrogens (tertiary/aromatic N) is 4. The molecule has 134 valence electrons. The van der Waals surface area contributed by atoms with Gasteiger partial charge in [0.15, 0.2) is 0 Å². The second kappa shape index (κ2) is 7.29. The summed E-state index contributed by atoms with van der Waals surface area (Å²) in [5.74, 6) is 3.10. The van der Waals surface area contributed by atoms with Gasteiger partial charge in [-0.05, 0) is 25.3 Å². The van der Waals surface area contributed by atoms with Gasteiger partial charge in [0.1, 0.15) is 17.4 Å². The van der Waals surface area contributed by atoms with Crippen molar-refractivity contribution in [1.82, 2.24) is 25.0 Å². The van der Waals surface area contributed by atoms with Gasteiger partial charge in [0.25, 0.3) is 0 Å². The maximum atomic E-state index is 12.5. The zero-order chi connectivity index (χ0) is 17.1. The Kier molecular flexibility index (Phi) is 4.72. The molecule has 2 aliphatic heterocycles. The first-order valence-corrected chi connectivity index (χ1v) is 9.30. The van der Waals surface area contributed by atoms with E-state index < -0.39 is 0 Å². The van der Waals surface area contributed by atoms with E-state index in [0.29, 0.717) is 13.1 Å². The van der Waals surface area contributed by atoms with E-state index in [1.165, 1.54) is 19.3 Å². The fraction of sp³-hybridized carbons (Fsp3) is 0.611. The molecule has 0 unspecified atom stereocenters. The molecule has 4 rings (SSSR count). The average Bonchev–Trinajstić information content (AvgIpc) is 3.06. The lowest BCUT2D eigenvalue weighted by Crippen LogP contribution is -2.40. The van der Waals surface area contributed by atoms with E-state index >= 15 is 0 Å². The van der Waals surface area contributed by atoms with Gasteiger partial charge in [-0.1, -0.05) is 6.42 Å². The topological polar surface area (TPSA) is 76.2 Å². The van der Waals surface area contributed by atoms with Gasteiger partial charge >= 0.3 is 6.03 Å². The standard InChI is InChI=1S/C18H25N5O2/c24-18(22-10-4-5-15-14(13-22)8-12-25-15)19-9-7-17-21-20-16-6-2-1-3-11-23(16)17/h8,12H,1-7,9-11,13H2,(H,19,24). The lowest BCUT2D eigenvalue weighted by atomic mass is 10.2. The van der Waals surface area contributed by atoms with E-state index in [1.807, 2.05) is 11.0 Å². The first kappa shape index (κ1) is 16.2. The number of aromatic nitrogens is 3. The Morgan fingerprint density at radius 2 is 2.12 bits per heavy atom. The van der Waals surface area contributed by atoms with Crippen LogP contribution >= 0.6 is 0 Å². The Bertz CT molecular complexity index is 736. The number of hydrogen-bond donors (Lipinski definition) is 1. The minimum atomic E-state index is -0.00958. The van der Waals surface area contributed by atoms with Crippen molar-refractivity contribution in [3.8, 4) is 0 Å². The Labute approximate surface area is 147 Å². The summed E-state index contributed by atoms with van der Waals surface area (Å²) in [6.07, 6.45) is 8.92. The predicted octanol–water partition coefficient (Wildman–Crippen LogP) is 2.30. The highest BCUT2D eigenvalue weighted by atomic mass is 16.3. The molecule has 2 aliphatic rings. The molecule has 0 spiro atoms. The molecule has 1 N–H and O–H groups in total. The number of amides is 2. The summed E-state index contributed by atoms with van der Waals surface area (Å²) in [6, 6.07) is 1.96. The zero-order valence-corrected chi connectivity index (χ0v) is 14.5. The van der Waals surface area contributed by atoms with Crippen LogP contribution in [0.4, 0.5) is 4.79 Å². The fourth-order valence-corrected chi connectivity index (χ4v) is 3.74. The fourth-order valence-electron chi connectivity index (χ4n) is 3.74. The monoisotopic (exact) mass is 343 g/mol. The molecule has 0 radical (unpaired) electrons. The van der Waals surface area contributed by atoms with Crippen LogP contribution in [0, 0.1) is 0 Å². The SMILES string of the molecule is O=C(NCCc1nnc2n1CCCCC2)N1CCCc2occc2C1. The lowest BCUT2D eigenvalue weighted by Gasteiger charge is -2.20. The van der Waals surface area contributed by atoms with Crippen molar-refractivity contribution in [2.75, 3.05) is 13.1 Å². The first-order chi connectivity index (χ1) is 12.3. The third kappa shape index (κ3) is 3.55. The van der Waals surface area contributed by atoms with Crippen LogP contribution in [0.2, 0.25) is 0 Å². The van der Waals surface area contributed by atoms with Crippen molar-refractivity contribution >= 4 is 6.03 Å². The number of nitrogens with one attached hydrogen (secondary N) is 1. The van der Waals surface area contributed by atoms with Gasteiger partial charge in [0.2, 0.25) is 0 Å². The van der Waals surface area contributed by atoms with Crippen molar-refractivity contribution in [2.45, 2.75) is 58.0 Å². The minimum Gasteiger partial charge on any atom is -0.469 e. The molecule has 2 aromatic heterocycles. The van der Waals surface area contributed by atoms with Gasteiger partial charge in [0.05, 0.1) is 12.8 Å². The van der Waals surface area contributed by atoms with Crippen LogP contribution < -0.4 is 5.32 Å². The smallest absolute Gasteiger partial charge is 0.317 e. The van der Waals surface area contributed by atoms with Crippen molar-refractivity contribution < 1.29 is 9.21 Å². The molecule has 0 bridgehead atoms. The minimum absolute atomic E-state index is 0.00958. The summed E-state index contributed by atoms with van der Waals surface area (Å²) in [6.45, 7) is 2.97. The Hall–Kier alpha value is -2.31. The molecule has 7 heteroatoms. The summed E-state index contributed by atoms with van der Waals surface area (Å²) in [5, 5.41) is 11.7. The highest BCUT2D eigenvalue weighted by Gasteiger charge is 2.21. The van der Waals surface area contributed by atoms with Gasteiger partial charge in [-0.3, -0.25) is 0 Å². The number of aryl methyl sites for hydroxylation is 2. The van der Waals surface area contributed by atoms with Crippen molar-refractivity contribution in [1.29, 1.82) is 0 Å². The van der Waals surface area contributed by atoms with Crippen LogP contribution in [-0.2, 0) is 32.4 Å². The number of furan rings is 1. The summed E-state index contributed by atoms with van der Waals surface area (Å²) >= 11 is 0. The van der Waals surface area contributed by atoms with Crippen LogP contribution in [-0.4, -0.2) is 38.8 Å². The lowest BCUT2D eigenvalue weighted by molar-refractivity contribution is 0.196. The normalized spacial score (nSPS) is 17.4. The molecular weight excluding hydrogens is 318 g/mol. The first-order valence-electron chi connectivity index (χ1n) is 9.30. The van der Waals surface area contributed by atoms with Crippen LogP contribution in [0.25, 0.3) is 0 Å². The van der Waals surface area contributed by atoms with E-state index in [1.54, 1.807) is 6.26 Å². The Morgan fingerprint density at radius 1 is 1.16 bits per heavy atom. The maximum Gasteiger partial charge on any atom is 0.317 e. The zero-order valence-electron chi connectivity index (χ0n) is 14.5. The molecule has 2 aromatic rings. The molecule has 0 saturated carbocycles. The number of hydrogen-bond acceptors (Lipinski definition) is 4. The van der Waals surface area contributed by atoms with Crippen LogP contribution in [0.3, 0.4) is 0 Å². The molecule has 0 aromatic carbocycles. The van der Waals surface area contributed by atoms with Crippen LogP contribution in [0.15, 0.2) is 16.7 Å². The molecule has 7 nitrogen and oxygen atoms in total. The highest BCUT2D eigenvalue weighted by molar-refractivity contribution is 5.74. The highest BCUT2D eigenvalue weighted by Crippen LogP contribution is 2.19. The number of fused-ring (bicyclic) bond motifs is 2. The van der Waals surface area contributed by atoms with Crippen LogP contribution in [0.1, 0.15) is 48.7 Å². The number of carbonyl (C=O) groups is 1. The predicted molar refractivity (Wildman–Crippen MR) is 92.1 cm³/mol. The molecule has 0 aliphatic carbocycles. The molecule has 0 atom stereocenters. The van der Waals surface area contributed by atoms with E-state index in [0.717, 1.165) is 61.7 Å². The summed E-state index contributed by atoms with van der Waals surface area (Å²) in [7, 11) is 0. The van der Waals surface area contributed by atoms with Crippen molar-refractivity contribution in [3.05, 3.63) is 35.3 Å². The average molecular weight is 343 g/mol. The van der Waals surface area contributed by atoms with Crippen LogP contribution in [0.5, 0.6) is 0 Å². The molecule has 0 fully saturated rings. The molecule has 4 heterocycles. The van der Waals surface area contributed by atoms with Gasteiger partial charge in [-0.25, -0.2) is 4.79 Å². The summed E-state index contributed by atoms with van der Waals surface area (Å²) in [5.41, 5.74) is 1.12. The third-order valence-electron chi connectivity index (χ3n) is 5.13. The quantitative estimate of drug-likeness (QED) is 0.928. The van der Waals surface area contributed by atoms with E-state index in [2.05, 4.69) is 20.1 Å². The molecule has 2 amide bonds. The van der Waals surface area contributed by atoms with E-state index in [9.17, 15) is 4.79 Å². The largest absolute Gasteiger partial charge is 0.469 e. The third-order valence-corrected chi connectivity index (χ3v) is 5.13. The second-order valence-corrected chi connectivity index (χ2v) is 6.87. The summed E-state index contributed by atoms with van der Waals surface area (Å²) < 4.78 is 7.72.